The molecule has 0 radical (unpaired) electrons. The van der Waals surface area contributed by atoms with Gasteiger partial charge in [0.25, 0.3) is 10.0 Å². The summed E-state index contributed by atoms with van der Waals surface area (Å²) < 4.78 is 26.2. The lowest BCUT2D eigenvalue weighted by molar-refractivity contribution is -0.120. The van der Waals surface area contributed by atoms with E-state index in [0.717, 1.165) is 12.8 Å². The molecule has 0 aliphatic heterocycles. The third-order valence-corrected chi connectivity index (χ3v) is 5.51. The minimum Gasteiger partial charge on any atom is -0.274 e. The van der Waals surface area contributed by atoms with E-state index in [4.69, 9.17) is 0 Å². The van der Waals surface area contributed by atoms with Gasteiger partial charge >= 0.3 is 0 Å². The zero-order valence-electron chi connectivity index (χ0n) is 12.3. The Labute approximate surface area is 126 Å². The van der Waals surface area contributed by atoms with Crippen molar-refractivity contribution in [1.29, 1.82) is 0 Å². The summed E-state index contributed by atoms with van der Waals surface area (Å²) in [5, 5.41) is 0. The normalized spacial score (nSPS) is 18.1. The summed E-state index contributed by atoms with van der Waals surface area (Å²) in [7, 11) is -3.80. The van der Waals surface area contributed by atoms with Crippen LogP contribution < -0.4 is 4.72 Å². The van der Waals surface area contributed by atoms with Crippen molar-refractivity contribution < 1.29 is 13.2 Å². The Bertz CT molecular complexity index is 566. The maximum atomic E-state index is 12.0. The molecule has 1 unspecified atom stereocenters. The minimum absolute atomic E-state index is 0.0173. The molecular weight excluding hydrogens is 288 g/mol. The van der Waals surface area contributed by atoms with Crippen LogP contribution in [0.25, 0.3) is 0 Å². The maximum Gasteiger partial charge on any atom is 0.265 e. The van der Waals surface area contributed by atoms with Crippen LogP contribution in [0.5, 0.6) is 0 Å². The Morgan fingerprint density at radius 3 is 2.71 bits per heavy atom. The van der Waals surface area contributed by atoms with Crippen LogP contribution >= 0.6 is 0 Å². The first kappa shape index (κ1) is 15.9. The molecule has 0 saturated heterocycles. The van der Waals surface area contributed by atoms with Gasteiger partial charge in [-0.05, 0) is 24.0 Å². The molecule has 5 nitrogen and oxygen atoms in total. The number of carbonyl (C=O) groups is 1. The van der Waals surface area contributed by atoms with E-state index in [0.29, 0.717) is 5.92 Å². The van der Waals surface area contributed by atoms with E-state index in [-0.39, 0.29) is 17.2 Å². The summed E-state index contributed by atoms with van der Waals surface area (Å²) >= 11 is 0. The van der Waals surface area contributed by atoms with Crippen molar-refractivity contribution in [2.45, 2.75) is 50.3 Å². The molecule has 0 aromatic carbocycles. The molecule has 1 saturated carbocycles. The van der Waals surface area contributed by atoms with Gasteiger partial charge in [0.2, 0.25) is 5.91 Å². The van der Waals surface area contributed by atoms with Crippen LogP contribution in [0.3, 0.4) is 0 Å². The number of amides is 1. The van der Waals surface area contributed by atoms with Gasteiger partial charge in [-0.15, -0.1) is 0 Å². The van der Waals surface area contributed by atoms with E-state index in [1.165, 1.54) is 43.8 Å². The molecule has 1 aliphatic rings. The molecule has 2 rings (SSSR count). The number of hydrogen-bond acceptors (Lipinski definition) is 4. The van der Waals surface area contributed by atoms with Crippen molar-refractivity contribution in [1.82, 2.24) is 9.71 Å². The second kappa shape index (κ2) is 7.02. The number of aromatic nitrogens is 1. The minimum atomic E-state index is -3.80. The highest BCUT2D eigenvalue weighted by Crippen LogP contribution is 2.31. The Hall–Kier alpha value is -1.43. The van der Waals surface area contributed by atoms with Gasteiger partial charge in [-0.1, -0.05) is 39.0 Å². The second-order valence-electron chi connectivity index (χ2n) is 5.80. The van der Waals surface area contributed by atoms with Crippen LogP contribution in [0.15, 0.2) is 29.4 Å². The van der Waals surface area contributed by atoms with Gasteiger partial charge in [-0.25, -0.2) is 13.1 Å². The van der Waals surface area contributed by atoms with Gasteiger partial charge < -0.3 is 0 Å². The smallest absolute Gasteiger partial charge is 0.265 e. The molecule has 1 aromatic rings. The number of nitrogens with zero attached hydrogens (tertiary/aromatic N) is 1. The molecule has 6 heteroatoms. The molecule has 116 valence electrons. The van der Waals surface area contributed by atoms with E-state index >= 15 is 0 Å². The summed E-state index contributed by atoms with van der Waals surface area (Å²) in [5.41, 5.74) is 0. The van der Waals surface area contributed by atoms with Gasteiger partial charge in [0, 0.05) is 18.8 Å². The lowest BCUT2D eigenvalue weighted by Gasteiger charge is -2.27. The Kier molecular flexibility index (Phi) is 5.33. The van der Waals surface area contributed by atoms with Crippen molar-refractivity contribution in [3.63, 3.8) is 0 Å². The topological polar surface area (TPSA) is 76.1 Å². The summed E-state index contributed by atoms with van der Waals surface area (Å²) in [6.07, 6.45) is 8.96. The third kappa shape index (κ3) is 4.52. The first-order valence-electron chi connectivity index (χ1n) is 7.45. The van der Waals surface area contributed by atoms with Crippen molar-refractivity contribution in [2.75, 3.05) is 0 Å². The molecule has 1 aromatic heterocycles. The van der Waals surface area contributed by atoms with Crippen LogP contribution in [0.1, 0.15) is 45.4 Å². The van der Waals surface area contributed by atoms with Gasteiger partial charge in [-0.3, -0.25) is 9.78 Å². The number of nitrogens with one attached hydrogen (secondary N) is 1. The van der Waals surface area contributed by atoms with Crippen LogP contribution in [0, 0.1) is 11.8 Å². The maximum absolute atomic E-state index is 12.0. The highest BCUT2D eigenvalue weighted by atomic mass is 32.2. The molecule has 1 atom stereocenters. The molecular formula is C15H22N2O3S. The average Bonchev–Trinajstić information content (AvgIpc) is 2.48. The SMILES string of the molecule is CC(CC(=O)NS(=O)(=O)c1cccnc1)C1CCCCC1. The van der Waals surface area contributed by atoms with Gasteiger partial charge in [0.05, 0.1) is 0 Å². The Balaban J connectivity index is 1.92. The summed E-state index contributed by atoms with van der Waals surface area (Å²) in [4.78, 5) is 15.8. The zero-order chi connectivity index (χ0) is 15.3. The zero-order valence-corrected chi connectivity index (χ0v) is 13.1. The molecule has 1 amide bonds. The Morgan fingerprint density at radius 1 is 1.38 bits per heavy atom. The largest absolute Gasteiger partial charge is 0.274 e. The standard InChI is InChI=1S/C15H22N2O3S/c1-12(13-6-3-2-4-7-13)10-15(18)17-21(19,20)14-8-5-9-16-11-14/h5,8-9,11-13H,2-4,6-7,10H2,1H3,(H,17,18). The van der Waals surface area contributed by atoms with E-state index in [9.17, 15) is 13.2 Å². The van der Waals surface area contributed by atoms with Crippen LogP contribution in [0.2, 0.25) is 0 Å². The summed E-state index contributed by atoms with van der Waals surface area (Å²) in [6, 6.07) is 2.96. The number of carbonyl (C=O) groups excluding carboxylic acids is 1. The number of pyridine rings is 1. The molecule has 1 N–H and O–H groups in total. The number of hydrogen-bond donors (Lipinski definition) is 1. The molecule has 0 spiro atoms. The second-order valence-corrected chi connectivity index (χ2v) is 7.48. The van der Waals surface area contributed by atoms with Crippen molar-refractivity contribution in [3.8, 4) is 0 Å². The van der Waals surface area contributed by atoms with E-state index in [2.05, 4.69) is 9.71 Å². The Morgan fingerprint density at radius 2 is 2.10 bits per heavy atom. The molecule has 1 heterocycles. The van der Waals surface area contributed by atoms with E-state index < -0.39 is 15.9 Å². The van der Waals surface area contributed by atoms with Crippen LogP contribution in [-0.4, -0.2) is 19.3 Å². The van der Waals surface area contributed by atoms with Crippen molar-refractivity contribution in [2.24, 2.45) is 11.8 Å². The predicted octanol–water partition coefficient (Wildman–Crippen LogP) is 2.49. The fourth-order valence-electron chi connectivity index (χ4n) is 2.92. The lowest BCUT2D eigenvalue weighted by Crippen LogP contribution is -2.33. The van der Waals surface area contributed by atoms with Gasteiger partial charge in [-0.2, -0.15) is 0 Å². The third-order valence-electron chi connectivity index (χ3n) is 4.15. The highest BCUT2D eigenvalue weighted by molar-refractivity contribution is 7.90. The quantitative estimate of drug-likeness (QED) is 0.906. The molecule has 1 fully saturated rings. The van der Waals surface area contributed by atoms with Gasteiger partial charge in [0.15, 0.2) is 0 Å². The summed E-state index contributed by atoms with van der Waals surface area (Å²) in [6.45, 7) is 2.03. The lowest BCUT2D eigenvalue weighted by atomic mass is 9.79. The van der Waals surface area contributed by atoms with Crippen LogP contribution in [0.4, 0.5) is 0 Å². The van der Waals surface area contributed by atoms with Crippen molar-refractivity contribution in [3.05, 3.63) is 24.5 Å². The fourth-order valence-corrected chi connectivity index (χ4v) is 3.88. The van der Waals surface area contributed by atoms with Crippen molar-refractivity contribution >= 4 is 15.9 Å². The average molecular weight is 310 g/mol. The van der Waals surface area contributed by atoms with E-state index in [1.54, 1.807) is 0 Å². The van der Waals surface area contributed by atoms with Crippen LogP contribution in [-0.2, 0) is 14.8 Å². The molecule has 0 bridgehead atoms. The summed E-state index contributed by atoms with van der Waals surface area (Å²) in [5.74, 6) is 0.317. The number of sulfonamides is 1. The predicted molar refractivity (Wildman–Crippen MR) is 79.9 cm³/mol. The first-order valence-corrected chi connectivity index (χ1v) is 8.93. The number of rotatable bonds is 5. The highest BCUT2D eigenvalue weighted by Gasteiger charge is 2.24. The monoisotopic (exact) mass is 310 g/mol. The van der Waals surface area contributed by atoms with Gasteiger partial charge in [0.1, 0.15) is 4.90 Å². The van der Waals surface area contributed by atoms with E-state index in [1.807, 2.05) is 6.92 Å². The molecule has 21 heavy (non-hydrogen) atoms. The molecule has 1 aliphatic carbocycles. The fraction of sp³-hybridized carbons (Fsp3) is 0.600. The first-order chi connectivity index (χ1) is 9.99.